The molecule has 0 aliphatic carbocycles. The lowest BCUT2D eigenvalue weighted by atomic mass is 9.50. The van der Waals surface area contributed by atoms with Crippen molar-refractivity contribution in [3.8, 4) is 46.2 Å². The molecule has 0 saturated carbocycles. The number of hydrogen-bond donors (Lipinski definition) is 0. The van der Waals surface area contributed by atoms with Gasteiger partial charge in [-0.25, -0.2) is 9.97 Å². The minimum Gasteiger partial charge on any atom is -0.497 e. The number of fused-ring (bicyclic) bond motifs is 3. The molecule has 4 heterocycles. The highest BCUT2D eigenvalue weighted by molar-refractivity contribution is 6.85. The summed E-state index contributed by atoms with van der Waals surface area (Å²) in [5.41, 5.74) is 9.33. The SMILES string of the molecule is COc1ccc(-c2c3/c(=C(\C#N)c4nc5ccccc5o4)n(B(c4ccccc4)c4ccccc4)c(-c4ccc(OC)cc4)c3/c(=C(\C#N)c3nc4ccccc4o3)n2B(c2ccccc2)c2ccccc2)cc1. The van der Waals surface area contributed by atoms with Crippen LogP contribution in [0.2, 0.25) is 0 Å². The molecule has 0 radical (unpaired) electrons. The second-order valence-corrected chi connectivity index (χ2v) is 17.7. The Hall–Kier alpha value is -10.0. The first-order chi connectivity index (χ1) is 36.6. The largest absolute Gasteiger partial charge is 0.497 e. The van der Waals surface area contributed by atoms with Gasteiger partial charge in [0.2, 0.25) is 11.8 Å². The van der Waals surface area contributed by atoms with Crippen molar-refractivity contribution in [2.45, 2.75) is 0 Å². The molecule has 0 saturated heterocycles. The van der Waals surface area contributed by atoms with Crippen LogP contribution in [-0.4, -0.2) is 46.8 Å². The lowest BCUT2D eigenvalue weighted by Crippen LogP contribution is -2.54. The average Bonchev–Trinajstić information content (AvgIpc) is 4.27. The number of para-hydroxylation sites is 4. The molecule has 4 aromatic heterocycles. The molecule has 12 rings (SSSR count). The quantitative estimate of drug-likeness (QED) is 0.111. The van der Waals surface area contributed by atoms with Gasteiger partial charge in [0.15, 0.2) is 11.2 Å². The molecule has 10 nitrogen and oxygen atoms in total. The summed E-state index contributed by atoms with van der Waals surface area (Å²) in [6.45, 7) is -1.16. The number of aromatic nitrogens is 4. The van der Waals surface area contributed by atoms with Crippen LogP contribution in [0.4, 0.5) is 0 Å². The fraction of sp³-hybridized carbons (Fsp3) is 0.0323. The summed E-state index contributed by atoms with van der Waals surface area (Å²) in [5, 5.41) is 26.5. The molecule has 0 amide bonds. The monoisotopic (exact) mass is 956 g/mol. The van der Waals surface area contributed by atoms with Gasteiger partial charge in [-0.1, -0.05) is 167 Å². The van der Waals surface area contributed by atoms with Gasteiger partial charge in [-0.05, 0) is 83.9 Å². The van der Waals surface area contributed by atoms with Crippen LogP contribution in [0.15, 0.2) is 227 Å². The van der Waals surface area contributed by atoms with Gasteiger partial charge in [-0.15, -0.1) is 0 Å². The van der Waals surface area contributed by atoms with Gasteiger partial charge in [0.05, 0.1) is 24.9 Å². The van der Waals surface area contributed by atoms with E-state index in [9.17, 15) is 10.5 Å². The number of benzene rings is 8. The maximum absolute atomic E-state index is 12.1. The molecule has 0 fully saturated rings. The lowest BCUT2D eigenvalue weighted by molar-refractivity contribution is 0.415. The molecule has 0 aliphatic rings. The molecule has 74 heavy (non-hydrogen) atoms. The molecular formula is C62H42B2N6O4. The average molecular weight is 957 g/mol. The number of hydrogen-bond acceptors (Lipinski definition) is 8. The van der Waals surface area contributed by atoms with Crippen molar-refractivity contribution in [2.24, 2.45) is 0 Å². The Labute approximate surface area is 426 Å². The van der Waals surface area contributed by atoms with Gasteiger partial charge < -0.3 is 27.3 Å². The van der Waals surface area contributed by atoms with Crippen LogP contribution in [-0.2, 0) is 0 Å². The molecule has 0 bridgehead atoms. The van der Waals surface area contributed by atoms with Crippen LogP contribution in [0.5, 0.6) is 11.5 Å². The molecule has 0 unspecified atom stereocenters. The lowest BCUT2D eigenvalue weighted by Gasteiger charge is -2.24. The molecular weight excluding hydrogens is 914 g/mol. The fourth-order valence-electron chi connectivity index (χ4n) is 10.4. The minimum atomic E-state index is -0.580. The number of nitriles is 2. The molecule has 0 atom stereocenters. The summed E-state index contributed by atoms with van der Waals surface area (Å²) in [4.78, 5) is 10.1. The summed E-state index contributed by atoms with van der Waals surface area (Å²) in [7, 11) is 3.29. The third-order valence-corrected chi connectivity index (χ3v) is 13.6. The fourth-order valence-corrected chi connectivity index (χ4v) is 10.4. The maximum Gasteiger partial charge on any atom is 0.328 e. The van der Waals surface area contributed by atoms with Crippen molar-refractivity contribution in [3.63, 3.8) is 0 Å². The van der Waals surface area contributed by atoms with Gasteiger partial charge in [0, 0.05) is 22.2 Å². The third-order valence-electron chi connectivity index (χ3n) is 13.6. The first-order valence-corrected chi connectivity index (χ1v) is 24.1. The molecule has 350 valence electrons. The van der Waals surface area contributed by atoms with E-state index in [1.165, 1.54) is 0 Å². The molecule has 12 aromatic rings. The minimum absolute atomic E-state index is 0.136. The van der Waals surface area contributed by atoms with E-state index in [1.54, 1.807) is 14.2 Å². The summed E-state index contributed by atoms with van der Waals surface area (Å²) < 4.78 is 29.4. The molecule has 0 spiro atoms. The van der Waals surface area contributed by atoms with Gasteiger partial charge in [-0.3, -0.25) is 0 Å². The summed E-state index contributed by atoms with van der Waals surface area (Å²) >= 11 is 0. The van der Waals surface area contributed by atoms with E-state index in [2.05, 4.69) is 69.6 Å². The van der Waals surface area contributed by atoms with Crippen LogP contribution in [0, 0.1) is 22.7 Å². The zero-order chi connectivity index (χ0) is 50.1. The Balaban J connectivity index is 1.45. The molecule has 0 aliphatic heterocycles. The van der Waals surface area contributed by atoms with Gasteiger partial charge in [0.1, 0.15) is 45.8 Å². The van der Waals surface area contributed by atoms with Crippen molar-refractivity contribution < 1.29 is 18.3 Å². The van der Waals surface area contributed by atoms with Crippen molar-refractivity contribution in [3.05, 3.63) is 241 Å². The topological polar surface area (TPSA) is 128 Å². The van der Waals surface area contributed by atoms with E-state index in [1.807, 2.05) is 170 Å². The van der Waals surface area contributed by atoms with E-state index >= 15 is 0 Å². The summed E-state index contributed by atoms with van der Waals surface area (Å²) in [5.74, 6) is 1.58. The molecule has 8 aromatic carbocycles. The van der Waals surface area contributed by atoms with Crippen molar-refractivity contribution >= 4 is 79.7 Å². The number of methoxy groups -OCH3 is 2. The number of oxazole rings is 2. The van der Waals surface area contributed by atoms with E-state index < -0.39 is 13.7 Å². The molecule has 12 heteroatoms. The zero-order valence-electron chi connectivity index (χ0n) is 40.3. The predicted molar refractivity (Wildman–Crippen MR) is 294 cm³/mol. The highest BCUT2D eigenvalue weighted by atomic mass is 16.5. The van der Waals surface area contributed by atoms with Gasteiger partial charge >= 0.3 is 13.7 Å². The van der Waals surface area contributed by atoms with Gasteiger partial charge in [-0.2, -0.15) is 10.5 Å². The van der Waals surface area contributed by atoms with Crippen LogP contribution in [0.1, 0.15) is 11.8 Å². The normalized spacial score (nSPS) is 12.1. The highest BCUT2D eigenvalue weighted by Crippen LogP contribution is 2.38. The Kier molecular flexibility index (Phi) is 11.8. The second kappa shape index (κ2) is 19.3. The predicted octanol–water partition coefficient (Wildman–Crippen LogP) is 8.83. The second-order valence-electron chi connectivity index (χ2n) is 17.7. The van der Waals surface area contributed by atoms with E-state index in [0.29, 0.717) is 66.6 Å². The Morgan fingerprint density at radius 3 is 1.03 bits per heavy atom. The number of ether oxygens (including phenoxy) is 2. The van der Waals surface area contributed by atoms with E-state index in [0.717, 1.165) is 33.0 Å². The van der Waals surface area contributed by atoms with Crippen molar-refractivity contribution in [1.82, 2.24) is 18.9 Å². The Morgan fingerprint density at radius 2 is 0.730 bits per heavy atom. The van der Waals surface area contributed by atoms with E-state index in [-0.39, 0.29) is 22.9 Å². The van der Waals surface area contributed by atoms with Crippen LogP contribution >= 0.6 is 0 Å². The highest BCUT2D eigenvalue weighted by Gasteiger charge is 2.38. The first-order valence-electron chi connectivity index (χ1n) is 24.1. The van der Waals surface area contributed by atoms with E-state index in [4.69, 9.17) is 28.3 Å². The maximum atomic E-state index is 12.1. The standard InChI is InChI=1S/C62H42B2N6O4/c1-71-47-35-31-41(32-36-47)57-55-56(60(50(40-66)62-68-52-28-16-18-30-54(52)74-62)69(57)63(43-19-7-3-8-20-43)44-21-9-4-10-22-44)58(42-33-37-48(72-2)38-34-42)70(64(45-23-11-5-12-24-45)46-25-13-6-14-26-46)59(55)49(39-65)61-67-51-27-15-17-29-53(51)73-61/h3-38H,1-2H3/b59-49-,60-50-. The smallest absolute Gasteiger partial charge is 0.328 e. The van der Waals surface area contributed by atoms with Crippen molar-refractivity contribution in [1.29, 1.82) is 10.5 Å². The van der Waals surface area contributed by atoms with Crippen LogP contribution in [0.3, 0.4) is 0 Å². The number of nitrogens with zero attached hydrogens (tertiary/aromatic N) is 6. The Morgan fingerprint density at radius 1 is 0.419 bits per heavy atom. The first kappa shape index (κ1) is 45.1. The van der Waals surface area contributed by atoms with Crippen LogP contribution in [0.25, 0.3) is 66.6 Å². The van der Waals surface area contributed by atoms with Gasteiger partial charge in [0.25, 0.3) is 0 Å². The van der Waals surface area contributed by atoms with Crippen molar-refractivity contribution in [2.75, 3.05) is 14.2 Å². The summed E-state index contributed by atoms with van der Waals surface area (Å²) in [6, 6.07) is 77.2. The third kappa shape index (κ3) is 7.79. The Bertz CT molecular complexity index is 3810. The summed E-state index contributed by atoms with van der Waals surface area (Å²) in [6.07, 6.45) is 0. The zero-order valence-corrected chi connectivity index (χ0v) is 40.3. The van der Waals surface area contributed by atoms with Crippen LogP contribution < -0.4 is 42.0 Å². The number of rotatable bonds is 12. The molecule has 0 N–H and O–H groups in total.